The van der Waals surface area contributed by atoms with E-state index in [0.717, 1.165) is 0 Å². The van der Waals surface area contributed by atoms with Gasteiger partial charge in [0.05, 0.1) is 21.1 Å². The predicted octanol–water partition coefficient (Wildman–Crippen LogP) is -6.43. The smallest absolute Gasteiger partial charge is 0.0661 e. The van der Waals surface area contributed by atoms with Gasteiger partial charge in [0.15, 0.2) is 0 Å². The number of hydrogen-bond acceptors (Lipinski definition) is 0. The Bertz CT molecular complexity index is 17.2. The van der Waals surface area contributed by atoms with Gasteiger partial charge in [0, 0.05) is 0 Å². The molecule has 0 amide bonds. The molecule has 0 saturated carbocycles. The van der Waals surface area contributed by atoms with E-state index < -0.39 is 0 Å². The van der Waals surface area contributed by atoms with Crippen LogP contribution in [0.25, 0.3) is 0 Å². The first-order chi connectivity index (χ1) is 1.73. The molecule has 0 spiro atoms. The summed E-state index contributed by atoms with van der Waals surface area (Å²) in [6.45, 7) is 0. The number of nitrogens with one attached hydrogen (secondary N) is 1. The second-order valence-electron chi connectivity index (χ2n) is 1.50. The van der Waals surface area contributed by atoms with Crippen LogP contribution in [0.15, 0.2) is 0 Å². The van der Waals surface area contributed by atoms with Gasteiger partial charge in [-0.05, 0) is 0 Å². The lowest BCUT2D eigenvalue weighted by Gasteiger charge is -1.88. The van der Waals surface area contributed by atoms with Crippen molar-refractivity contribution in [3.8, 4) is 0 Å². The number of rotatable bonds is 0. The maximum absolute atomic E-state index is 2.08. The van der Waals surface area contributed by atoms with E-state index in [0.29, 0.717) is 0 Å². The van der Waals surface area contributed by atoms with E-state index in [1.807, 2.05) is 0 Å². The normalized spacial score (nSPS) is 4.50. The van der Waals surface area contributed by atoms with Crippen molar-refractivity contribution >= 4 is 12.4 Å². The van der Waals surface area contributed by atoms with Crippen LogP contribution in [0, 0.1) is 0 Å². The maximum Gasteiger partial charge on any atom is 0.0661 e. The zero-order chi connectivity index (χ0) is 3.58. The summed E-state index contributed by atoms with van der Waals surface area (Å²) < 4.78 is 0. The Balaban J connectivity index is -0.00000000750. The molecule has 0 aromatic heterocycles. The summed E-state index contributed by atoms with van der Waals surface area (Å²) in [5.74, 6) is 0. The van der Waals surface area contributed by atoms with Crippen molar-refractivity contribution in [2.24, 2.45) is 0 Å². The standard InChI is InChI=1S/C3H9N.3ClH.H3N/c1-4(2)3;;;;/h1-3H3;3*1H;1H3. The highest BCUT2D eigenvalue weighted by Gasteiger charge is 1.61. The van der Waals surface area contributed by atoms with E-state index in [9.17, 15) is 0 Å². The zero-order valence-corrected chi connectivity index (χ0v) is 7.99. The average molecular weight is 186 g/mol. The largest absolute Gasteiger partial charge is 1.00 e. The minimum atomic E-state index is 0. The Labute approximate surface area is 69.8 Å². The molecule has 5 N–H and O–H groups in total. The van der Waals surface area contributed by atoms with Gasteiger partial charge in [-0.25, -0.2) is 0 Å². The van der Waals surface area contributed by atoms with E-state index in [1.54, 1.807) is 0 Å². The summed E-state index contributed by atoms with van der Waals surface area (Å²) in [6.07, 6.45) is 0. The van der Waals surface area contributed by atoms with Crippen LogP contribution < -0.4 is 35.9 Å². The van der Waals surface area contributed by atoms with Crippen LogP contribution in [0.5, 0.6) is 0 Å². The highest BCUT2D eigenvalue weighted by Crippen LogP contribution is 0.864. The molecule has 8 heavy (non-hydrogen) atoms. The Morgan fingerprint density at radius 1 is 0.875 bits per heavy atom. The van der Waals surface area contributed by atoms with Crippen molar-refractivity contribution in [2.75, 3.05) is 21.1 Å². The number of hydrogen-bond donors (Lipinski definition) is 2. The molecular weight excluding hydrogens is 170 g/mol. The SMILES string of the molecule is C[NH+](C)C.Cl.[Cl-].[Cl-].[NH4+]. The lowest BCUT2D eigenvalue weighted by molar-refractivity contribution is -0.836. The quantitative estimate of drug-likeness (QED) is 0.377. The molecule has 0 unspecified atom stereocenters. The molecule has 0 radical (unpaired) electrons. The van der Waals surface area contributed by atoms with Gasteiger partial charge in [-0.1, -0.05) is 0 Å². The van der Waals surface area contributed by atoms with Gasteiger partial charge in [0.1, 0.15) is 0 Å². The highest BCUT2D eigenvalue weighted by atomic mass is 35.5. The summed E-state index contributed by atoms with van der Waals surface area (Å²) in [5.41, 5.74) is 0. The maximum atomic E-state index is 2.08. The van der Waals surface area contributed by atoms with Crippen LogP contribution in [-0.2, 0) is 0 Å². The molecule has 0 aliphatic carbocycles. The van der Waals surface area contributed by atoms with Crippen molar-refractivity contribution in [1.82, 2.24) is 6.15 Å². The highest BCUT2D eigenvalue weighted by molar-refractivity contribution is 5.85. The molecule has 0 bridgehead atoms. The Kier molecular flexibility index (Phi) is 116. The minimum absolute atomic E-state index is 0. The number of halogens is 3. The summed E-state index contributed by atoms with van der Waals surface area (Å²) in [5, 5.41) is 0. The van der Waals surface area contributed by atoms with Crippen LogP contribution in [0.1, 0.15) is 0 Å². The molecule has 0 saturated heterocycles. The van der Waals surface area contributed by atoms with Gasteiger partial charge >= 0.3 is 0 Å². The van der Waals surface area contributed by atoms with E-state index in [4.69, 9.17) is 0 Å². The molecule has 0 rings (SSSR count). The van der Waals surface area contributed by atoms with Gasteiger partial charge in [0.25, 0.3) is 0 Å². The molecular formula is C3H15Cl3N2. The predicted molar refractivity (Wildman–Crippen MR) is 32.0 cm³/mol. The fourth-order valence-electron chi connectivity index (χ4n) is 0. The molecule has 5 heteroatoms. The first-order valence-corrected chi connectivity index (χ1v) is 1.50. The molecule has 0 aliphatic heterocycles. The Morgan fingerprint density at radius 3 is 0.875 bits per heavy atom. The molecule has 0 aliphatic rings. The molecule has 0 fully saturated rings. The van der Waals surface area contributed by atoms with Crippen molar-refractivity contribution < 1.29 is 29.7 Å². The third-order valence-electron chi connectivity index (χ3n) is 0. The molecule has 2 nitrogen and oxygen atoms in total. The molecule has 0 atom stereocenters. The van der Waals surface area contributed by atoms with E-state index >= 15 is 0 Å². The van der Waals surface area contributed by atoms with E-state index in [2.05, 4.69) is 21.1 Å². The molecule has 58 valence electrons. The summed E-state index contributed by atoms with van der Waals surface area (Å²) in [7, 11) is 6.25. The number of quaternary nitrogens is 2. The van der Waals surface area contributed by atoms with Gasteiger partial charge in [-0.2, -0.15) is 0 Å². The topological polar surface area (TPSA) is 40.9 Å². The van der Waals surface area contributed by atoms with Crippen molar-refractivity contribution in [2.45, 2.75) is 0 Å². The summed E-state index contributed by atoms with van der Waals surface area (Å²) in [6, 6.07) is 0. The monoisotopic (exact) mass is 184 g/mol. The first kappa shape index (κ1) is 37.1. The molecule has 0 aromatic rings. The minimum Gasteiger partial charge on any atom is -1.00 e. The lowest BCUT2D eigenvalue weighted by atomic mass is 11.0. The Morgan fingerprint density at radius 2 is 0.875 bits per heavy atom. The van der Waals surface area contributed by atoms with Crippen molar-refractivity contribution in [1.29, 1.82) is 0 Å². The van der Waals surface area contributed by atoms with Crippen LogP contribution in [-0.4, -0.2) is 21.1 Å². The lowest BCUT2D eigenvalue weighted by Crippen LogP contribution is -3.02. The van der Waals surface area contributed by atoms with Crippen LogP contribution in [0.4, 0.5) is 0 Å². The Hall–Kier alpha value is 0.790. The third kappa shape index (κ3) is 365. The summed E-state index contributed by atoms with van der Waals surface area (Å²) >= 11 is 0. The zero-order valence-electron chi connectivity index (χ0n) is 5.66. The van der Waals surface area contributed by atoms with Gasteiger partial charge in [0.2, 0.25) is 0 Å². The second-order valence-corrected chi connectivity index (χ2v) is 1.50. The average Bonchev–Trinajstić information content (AvgIpc) is 0.811. The molecule has 0 aromatic carbocycles. The van der Waals surface area contributed by atoms with Gasteiger partial charge in [-0.3, -0.25) is 0 Å². The van der Waals surface area contributed by atoms with Gasteiger partial charge in [-0.15, -0.1) is 12.4 Å². The van der Waals surface area contributed by atoms with E-state index in [-0.39, 0.29) is 43.4 Å². The third-order valence-corrected chi connectivity index (χ3v) is 0. The van der Waals surface area contributed by atoms with Gasteiger partial charge < -0.3 is 35.9 Å². The molecule has 0 heterocycles. The van der Waals surface area contributed by atoms with Crippen LogP contribution >= 0.6 is 12.4 Å². The summed E-state index contributed by atoms with van der Waals surface area (Å²) in [4.78, 5) is 1.42. The first-order valence-electron chi connectivity index (χ1n) is 1.50. The van der Waals surface area contributed by atoms with Crippen LogP contribution in [0.3, 0.4) is 0 Å². The fourth-order valence-corrected chi connectivity index (χ4v) is 0. The van der Waals surface area contributed by atoms with Crippen LogP contribution in [0.2, 0.25) is 0 Å². The van der Waals surface area contributed by atoms with E-state index in [1.165, 1.54) is 4.90 Å². The second kappa shape index (κ2) is 25.0. The fraction of sp³-hybridized carbons (Fsp3) is 1.00. The van der Waals surface area contributed by atoms with Crippen molar-refractivity contribution in [3.05, 3.63) is 0 Å². The van der Waals surface area contributed by atoms with Crippen molar-refractivity contribution in [3.63, 3.8) is 0 Å².